The van der Waals surface area contributed by atoms with Crippen LogP contribution in [0.4, 0.5) is 0 Å². The van der Waals surface area contributed by atoms with Gasteiger partial charge in [-0.2, -0.15) is 0 Å². The summed E-state index contributed by atoms with van der Waals surface area (Å²) in [4.78, 5) is 0. The Bertz CT molecular complexity index is 252. The van der Waals surface area contributed by atoms with Crippen LogP contribution in [0.2, 0.25) is 0 Å². The first-order valence-corrected chi connectivity index (χ1v) is 4.28. The van der Waals surface area contributed by atoms with Crippen LogP contribution in [0.3, 0.4) is 0 Å². The van der Waals surface area contributed by atoms with Gasteiger partial charge in [0.25, 0.3) is 0 Å². The largest absolute Gasteiger partial charge is 0.508 e. The number of aromatic hydroxyl groups is 1. The van der Waals surface area contributed by atoms with E-state index in [1.807, 2.05) is 12.1 Å². The van der Waals surface area contributed by atoms with E-state index < -0.39 is 0 Å². The number of nitrogens with two attached hydrogens (primary N) is 1. The predicted molar refractivity (Wildman–Crippen MR) is 57.2 cm³/mol. The molecule has 0 aliphatic heterocycles. The van der Waals surface area contributed by atoms with E-state index in [4.69, 9.17) is 5.73 Å². The maximum Gasteiger partial charge on any atom is 0.115 e. The summed E-state index contributed by atoms with van der Waals surface area (Å²) in [5, 5.41) is 9.17. The highest BCUT2D eigenvalue weighted by Crippen LogP contribution is 2.19. The lowest BCUT2D eigenvalue weighted by Crippen LogP contribution is -2.09. The summed E-state index contributed by atoms with van der Waals surface area (Å²) in [6.07, 6.45) is 2.03. The molecule has 0 saturated heterocycles. The van der Waals surface area contributed by atoms with Gasteiger partial charge in [-0.3, -0.25) is 0 Å². The van der Waals surface area contributed by atoms with Crippen molar-refractivity contribution < 1.29 is 5.11 Å². The van der Waals surface area contributed by atoms with Gasteiger partial charge in [0, 0.05) is 6.04 Å². The Labute approximate surface area is 85.2 Å². The fourth-order valence-electron chi connectivity index (χ4n) is 1.23. The van der Waals surface area contributed by atoms with Crippen LogP contribution in [-0.2, 0) is 0 Å². The van der Waals surface area contributed by atoms with Gasteiger partial charge < -0.3 is 10.8 Å². The van der Waals surface area contributed by atoms with Crippen molar-refractivity contribution in [1.29, 1.82) is 0 Å². The highest BCUT2D eigenvalue weighted by Gasteiger charge is 2.03. The zero-order chi connectivity index (χ0) is 8.97. The van der Waals surface area contributed by atoms with Gasteiger partial charge in [0.15, 0.2) is 0 Å². The van der Waals surface area contributed by atoms with Gasteiger partial charge in [0.2, 0.25) is 0 Å². The molecule has 1 aromatic carbocycles. The molecule has 1 rings (SSSR count). The highest BCUT2D eigenvalue weighted by molar-refractivity contribution is 5.85. The maximum absolute atomic E-state index is 9.17. The third kappa shape index (κ3) is 3.66. The molecule has 0 aliphatic carbocycles. The quantitative estimate of drug-likeness (QED) is 0.790. The average Bonchev–Trinajstić information content (AvgIpc) is 2.05. The van der Waals surface area contributed by atoms with Crippen molar-refractivity contribution in [2.75, 3.05) is 0 Å². The number of rotatable bonds is 3. The minimum absolute atomic E-state index is 0. The van der Waals surface area contributed by atoms with Gasteiger partial charge in [-0.1, -0.05) is 25.5 Å². The van der Waals surface area contributed by atoms with Gasteiger partial charge in [-0.25, -0.2) is 0 Å². The van der Waals surface area contributed by atoms with Crippen molar-refractivity contribution >= 4 is 12.4 Å². The number of hydrogen-bond acceptors (Lipinski definition) is 2. The van der Waals surface area contributed by atoms with Crippen LogP contribution in [0, 0.1) is 0 Å². The Morgan fingerprint density at radius 1 is 1.46 bits per heavy atom. The minimum atomic E-state index is 0. The molecule has 0 fully saturated rings. The summed E-state index contributed by atoms with van der Waals surface area (Å²) in [6.45, 7) is 2.10. The van der Waals surface area contributed by atoms with Crippen molar-refractivity contribution in [2.24, 2.45) is 5.73 Å². The molecule has 74 valence electrons. The Balaban J connectivity index is 0.00000144. The normalized spacial score (nSPS) is 11.8. The molecule has 0 bridgehead atoms. The summed E-state index contributed by atoms with van der Waals surface area (Å²) >= 11 is 0. The second-order valence-corrected chi connectivity index (χ2v) is 2.99. The van der Waals surface area contributed by atoms with Crippen LogP contribution >= 0.6 is 12.4 Å². The molecule has 0 radical (unpaired) electrons. The lowest BCUT2D eigenvalue weighted by atomic mass is 10.0. The molecule has 0 aliphatic rings. The average molecular weight is 202 g/mol. The van der Waals surface area contributed by atoms with Crippen LogP contribution in [0.5, 0.6) is 5.75 Å². The molecule has 3 N–H and O–H groups in total. The molecular formula is C10H16ClNO. The van der Waals surface area contributed by atoms with Crippen molar-refractivity contribution in [3.8, 4) is 5.75 Å². The van der Waals surface area contributed by atoms with Gasteiger partial charge >= 0.3 is 0 Å². The predicted octanol–water partition coefficient (Wildman–Crippen LogP) is 2.61. The number of phenolic OH excluding ortho intramolecular Hbond substituents is 1. The summed E-state index contributed by atoms with van der Waals surface area (Å²) in [5.74, 6) is 0.291. The number of benzene rings is 1. The van der Waals surface area contributed by atoms with Crippen LogP contribution < -0.4 is 5.73 Å². The van der Waals surface area contributed by atoms with E-state index in [0.717, 1.165) is 18.4 Å². The topological polar surface area (TPSA) is 46.2 Å². The maximum atomic E-state index is 9.17. The zero-order valence-corrected chi connectivity index (χ0v) is 8.55. The fraction of sp³-hybridized carbons (Fsp3) is 0.400. The molecule has 0 saturated carbocycles. The fourth-order valence-corrected chi connectivity index (χ4v) is 1.23. The number of hydrogen-bond donors (Lipinski definition) is 2. The molecule has 0 heterocycles. The monoisotopic (exact) mass is 201 g/mol. The van der Waals surface area contributed by atoms with Gasteiger partial charge in [-0.05, 0) is 24.1 Å². The second-order valence-electron chi connectivity index (χ2n) is 2.99. The van der Waals surface area contributed by atoms with E-state index in [1.165, 1.54) is 0 Å². The highest BCUT2D eigenvalue weighted by atomic mass is 35.5. The summed E-state index contributed by atoms with van der Waals surface area (Å²) < 4.78 is 0. The smallest absolute Gasteiger partial charge is 0.115 e. The van der Waals surface area contributed by atoms with Gasteiger partial charge in [0.1, 0.15) is 5.75 Å². The van der Waals surface area contributed by atoms with Gasteiger partial charge in [-0.15, -0.1) is 12.4 Å². The first kappa shape index (κ1) is 12.3. The molecule has 0 amide bonds. The molecule has 0 spiro atoms. The van der Waals surface area contributed by atoms with E-state index in [-0.39, 0.29) is 18.4 Å². The Morgan fingerprint density at radius 3 is 2.69 bits per heavy atom. The van der Waals surface area contributed by atoms with Crippen LogP contribution in [0.15, 0.2) is 24.3 Å². The molecule has 13 heavy (non-hydrogen) atoms. The lowest BCUT2D eigenvalue weighted by Gasteiger charge is -2.10. The summed E-state index contributed by atoms with van der Waals surface area (Å²) in [5.41, 5.74) is 6.87. The summed E-state index contributed by atoms with van der Waals surface area (Å²) in [7, 11) is 0. The SMILES string of the molecule is CCC[C@@H](N)c1cccc(O)c1.Cl. The molecular weight excluding hydrogens is 186 g/mol. The third-order valence-corrected chi connectivity index (χ3v) is 1.90. The molecule has 3 heteroatoms. The third-order valence-electron chi connectivity index (χ3n) is 1.90. The van der Waals surface area contributed by atoms with Crippen molar-refractivity contribution in [2.45, 2.75) is 25.8 Å². The van der Waals surface area contributed by atoms with Crippen molar-refractivity contribution in [1.82, 2.24) is 0 Å². The van der Waals surface area contributed by atoms with Crippen LogP contribution in [-0.4, -0.2) is 5.11 Å². The zero-order valence-electron chi connectivity index (χ0n) is 7.73. The van der Waals surface area contributed by atoms with E-state index in [9.17, 15) is 5.11 Å². The Kier molecular flexibility index (Phi) is 5.51. The van der Waals surface area contributed by atoms with Crippen molar-refractivity contribution in [3.63, 3.8) is 0 Å². The van der Waals surface area contributed by atoms with E-state index in [1.54, 1.807) is 12.1 Å². The van der Waals surface area contributed by atoms with Crippen LogP contribution in [0.25, 0.3) is 0 Å². The lowest BCUT2D eigenvalue weighted by molar-refractivity contribution is 0.473. The van der Waals surface area contributed by atoms with E-state index in [2.05, 4.69) is 6.92 Å². The Morgan fingerprint density at radius 2 is 2.15 bits per heavy atom. The number of halogens is 1. The minimum Gasteiger partial charge on any atom is -0.508 e. The molecule has 0 unspecified atom stereocenters. The summed E-state index contributed by atoms with van der Waals surface area (Å²) in [6, 6.07) is 7.20. The van der Waals surface area contributed by atoms with E-state index >= 15 is 0 Å². The van der Waals surface area contributed by atoms with Gasteiger partial charge in [0.05, 0.1) is 0 Å². The molecule has 1 aromatic rings. The first-order chi connectivity index (χ1) is 5.74. The Hall–Kier alpha value is -0.730. The van der Waals surface area contributed by atoms with E-state index in [0.29, 0.717) is 5.75 Å². The second kappa shape index (κ2) is 5.84. The first-order valence-electron chi connectivity index (χ1n) is 4.28. The molecule has 1 atom stereocenters. The molecule has 2 nitrogen and oxygen atoms in total. The molecule has 0 aromatic heterocycles. The van der Waals surface area contributed by atoms with Crippen molar-refractivity contribution in [3.05, 3.63) is 29.8 Å². The standard InChI is InChI=1S/C10H15NO.ClH/c1-2-4-10(11)8-5-3-6-9(12)7-8;/h3,5-7,10,12H,2,4,11H2,1H3;1H/t10-;/m1./s1. The van der Waals surface area contributed by atoms with Crippen LogP contribution in [0.1, 0.15) is 31.4 Å². The number of phenols is 1.